The summed E-state index contributed by atoms with van der Waals surface area (Å²) in [6, 6.07) is 1.63. The topological polar surface area (TPSA) is 72.5 Å². The Morgan fingerprint density at radius 2 is 1.96 bits per heavy atom. The van der Waals surface area contributed by atoms with Gasteiger partial charge >= 0.3 is 0 Å². The number of nitrogens with zero attached hydrogens (tertiary/aromatic N) is 3. The van der Waals surface area contributed by atoms with Crippen LogP contribution in [0.3, 0.4) is 0 Å². The van der Waals surface area contributed by atoms with Crippen LogP contribution in [0.4, 0.5) is 8.78 Å². The zero-order chi connectivity index (χ0) is 17.2. The molecule has 0 spiro atoms. The van der Waals surface area contributed by atoms with E-state index in [1.807, 2.05) is 4.90 Å². The summed E-state index contributed by atoms with van der Waals surface area (Å²) in [7, 11) is 0. The third-order valence-corrected chi connectivity index (χ3v) is 5.04. The van der Waals surface area contributed by atoms with E-state index in [0.717, 1.165) is 0 Å². The minimum absolute atomic E-state index is 0.116. The molecule has 8 heteroatoms. The molecule has 0 unspecified atom stereocenters. The number of rotatable bonds is 3. The molecule has 2 saturated heterocycles. The van der Waals surface area contributed by atoms with Gasteiger partial charge in [-0.3, -0.25) is 9.89 Å². The standard InChI is InChI=1S/C16H24F2N4O2/c17-16(18)5-9-21(10-6-16)12-15(24)3-1-8-22(11-4-15)14(23)13-2-7-19-20-13/h2,7,24H,1,3-6,8-12H2,(H,19,20)/t15-/m0/s1. The molecule has 3 rings (SSSR count). The lowest BCUT2D eigenvalue weighted by Crippen LogP contribution is -2.48. The average molecular weight is 342 g/mol. The Labute approximate surface area is 139 Å². The van der Waals surface area contributed by atoms with E-state index >= 15 is 0 Å². The molecule has 0 radical (unpaired) electrons. The second-order valence-corrected chi connectivity index (χ2v) is 6.97. The van der Waals surface area contributed by atoms with Crippen molar-refractivity contribution in [1.29, 1.82) is 0 Å². The van der Waals surface area contributed by atoms with Gasteiger partial charge < -0.3 is 14.9 Å². The van der Waals surface area contributed by atoms with Crippen molar-refractivity contribution in [3.63, 3.8) is 0 Å². The Balaban J connectivity index is 1.55. The first kappa shape index (κ1) is 17.3. The molecule has 24 heavy (non-hydrogen) atoms. The van der Waals surface area contributed by atoms with Gasteiger partial charge in [0.15, 0.2) is 0 Å². The number of carbonyl (C=O) groups is 1. The van der Waals surface area contributed by atoms with E-state index in [4.69, 9.17) is 0 Å². The van der Waals surface area contributed by atoms with E-state index in [1.165, 1.54) is 6.20 Å². The van der Waals surface area contributed by atoms with Crippen molar-refractivity contribution < 1.29 is 18.7 Å². The number of aromatic nitrogens is 2. The Bertz CT molecular complexity index is 556. The SMILES string of the molecule is O=C(c1ccn[nH]1)N1CCC[C@@](O)(CN2CCC(F)(F)CC2)CC1. The number of piperidine rings is 1. The minimum atomic E-state index is -2.57. The highest BCUT2D eigenvalue weighted by atomic mass is 19.3. The Morgan fingerprint density at radius 3 is 2.62 bits per heavy atom. The van der Waals surface area contributed by atoms with Gasteiger partial charge in [0.2, 0.25) is 0 Å². The minimum Gasteiger partial charge on any atom is -0.388 e. The summed E-state index contributed by atoms with van der Waals surface area (Å²) < 4.78 is 26.5. The number of hydrogen-bond acceptors (Lipinski definition) is 4. The van der Waals surface area contributed by atoms with E-state index in [0.29, 0.717) is 57.7 Å². The number of nitrogens with one attached hydrogen (secondary N) is 1. The molecule has 0 saturated carbocycles. The number of H-pyrrole nitrogens is 1. The first-order valence-electron chi connectivity index (χ1n) is 8.48. The van der Waals surface area contributed by atoms with Crippen molar-refractivity contribution in [1.82, 2.24) is 20.0 Å². The van der Waals surface area contributed by atoms with Gasteiger partial charge in [0.1, 0.15) is 5.69 Å². The maximum atomic E-state index is 13.3. The second-order valence-electron chi connectivity index (χ2n) is 6.97. The lowest BCUT2D eigenvalue weighted by Gasteiger charge is -2.37. The molecule has 134 valence electrons. The summed E-state index contributed by atoms with van der Waals surface area (Å²) in [5.41, 5.74) is -0.478. The van der Waals surface area contributed by atoms with Crippen molar-refractivity contribution in [3.8, 4) is 0 Å². The molecule has 2 aliphatic rings. The van der Waals surface area contributed by atoms with Crippen molar-refractivity contribution in [2.75, 3.05) is 32.7 Å². The molecule has 0 aliphatic carbocycles. The maximum Gasteiger partial charge on any atom is 0.271 e. The molecule has 1 aromatic heterocycles. The highest BCUT2D eigenvalue weighted by Crippen LogP contribution is 2.30. The third-order valence-electron chi connectivity index (χ3n) is 5.04. The molecular weight excluding hydrogens is 318 g/mol. The van der Waals surface area contributed by atoms with Crippen LogP contribution in [0.5, 0.6) is 0 Å². The van der Waals surface area contributed by atoms with Crippen LogP contribution in [0, 0.1) is 0 Å². The Kier molecular flexibility index (Phi) is 4.87. The van der Waals surface area contributed by atoms with E-state index in [1.54, 1.807) is 11.0 Å². The number of likely N-dealkylation sites (tertiary alicyclic amines) is 2. The zero-order valence-corrected chi connectivity index (χ0v) is 13.7. The molecule has 2 fully saturated rings. The van der Waals surface area contributed by atoms with E-state index in [9.17, 15) is 18.7 Å². The van der Waals surface area contributed by atoms with Crippen molar-refractivity contribution in [3.05, 3.63) is 18.0 Å². The predicted molar refractivity (Wildman–Crippen MR) is 83.9 cm³/mol. The number of halogens is 2. The van der Waals surface area contributed by atoms with Gasteiger partial charge in [-0.25, -0.2) is 8.78 Å². The molecule has 1 aromatic rings. The van der Waals surface area contributed by atoms with Gasteiger partial charge in [-0.2, -0.15) is 5.10 Å². The summed E-state index contributed by atoms with van der Waals surface area (Å²) in [6.07, 6.45) is 2.97. The predicted octanol–water partition coefficient (Wildman–Crippen LogP) is 1.50. The van der Waals surface area contributed by atoms with Crippen LogP contribution in [-0.2, 0) is 0 Å². The summed E-state index contributed by atoms with van der Waals surface area (Å²) in [6.45, 7) is 2.06. The number of amides is 1. The Morgan fingerprint density at radius 1 is 1.21 bits per heavy atom. The third kappa shape index (κ3) is 4.10. The fraction of sp³-hybridized carbons (Fsp3) is 0.750. The van der Waals surface area contributed by atoms with Crippen LogP contribution >= 0.6 is 0 Å². The molecule has 1 amide bonds. The number of aliphatic hydroxyl groups is 1. The number of carbonyl (C=O) groups excluding carboxylic acids is 1. The molecule has 0 aromatic carbocycles. The molecule has 0 bridgehead atoms. The zero-order valence-electron chi connectivity index (χ0n) is 13.7. The number of hydrogen-bond donors (Lipinski definition) is 2. The first-order chi connectivity index (χ1) is 11.4. The van der Waals surface area contributed by atoms with Gasteiger partial charge in [0.05, 0.1) is 5.60 Å². The van der Waals surface area contributed by atoms with Gasteiger partial charge in [0.25, 0.3) is 11.8 Å². The van der Waals surface area contributed by atoms with E-state index in [2.05, 4.69) is 10.2 Å². The summed E-state index contributed by atoms with van der Waals surface area (Å²) in [4.78, 5) is 16.0. The van der Waals surface area contributed by atoms with E-state index < -0.39 is 11.5 Å². The van der Waals surface area contributed by atoms with Crippen molar-refractivity contribution in [2.24, 2.45) is 0 Å². The molecule has 6 nitrogen and oxygen atoms in total. The average Bonchev–Trinajstić information content (AvgIpc) is 3.00. The fourth-order valence-corrected chi connectivity index (χ4v) is 3.54. The molecule has 3 heterocycles. The molecule has 1 atom stereocenters. The summed E-state index contributed by atoms with van der Waals surface area (Å²) >= 11 is 0. The van der Waals surface area contributed by atoms with Crippen molar-refractivity contribution >= 4 is 5.91 Å². The first-order valence-corrected chi connectivity index (χ1v) is 8.48. The molecular formula is C16H24F2N4O2. The fourth-order valence-electron chi connectivity index (χ4n) is 3.54. The molecule has 2 N–H and O–H groups in total. The summed E-state index contributed by atoms with van der Waals surface area (Å²) in [5.74, 6) is -2.69. The van der Waals surface area contributed by atoms with E-state index in [-0.39, 0.29) is 18.7 Å². The van der Waals surface area contributed by atoms with Crippen LogP contribution in [-0.4, -0.2) is 75.3 Å². The molecule has 2 aliphatic heterocycles. The largest absolute Gasteiger partial charge is 0.388 e. The quantitative estimate of drug-likeness (QED) is 0.873. The lowest BCUT2D eigenvalue weighted by molar-refractivity contribution is -0.0768. The monoisotopic (exact) mass is 342 g/mol. The van der Waals surface area contributed by atoms with Crippen LogP contribution in [0.15, 0.2) is 12.3 Å². The second kappa shape index (κ2) is 6.76. The van der Waals surface area contributed by atoms with Gasteiger partial charge in [-0.1, -0.05) is 0 Å². The van der Waals surface area contributed by atoms with Gasteiger partial charge in [-0.05, 0) is 25.3 Å². The van der Waals surface area contributed by atoms with Gasteiger partial charge in [0, 0.05) is 51.8 Å². The van der Waals surface area contributed by atoms with Crippen molar-refractivity contribution in [2.45, 2.75) is 43.6 Å². The number of alkyl halides is 2. The van der Waals surface area contributed by atoms with Crippen LogP contribution < -0.4 is 0 Å². The normalized spacial score (nSPS) is 28.5. The smallest absolute Gasteiger partial charge is 0.271 e. The highest BCUT2D eigenvalue weighted by molar-refractivity contribution is 5.92. The summed E-state index contributed by atoms with van der Waals surface area (Å²) in [5, 5.41) is 17.3. The van der Waals surface area contributed by atoms with Gasteiger partial charge in [-0.15, -0.1) is 0 Å². The van der Waals surface area contributed by atoms with Crippen LogP contribution in [0.2, 0.25) is 0 Å². The number of β-amino-alcohol motifs (C(OH)–C–C–N with tert-alkyl or cyclic N) is 1. The lowest BCUT2D eigenvalue weighted by atomic mass is 9.93. The van der Waals surface area contributed by atoms with Crippen LogP contribution in [0.1, 0.15) is 42.6 Å². The maximum absolute atomic E-state index is 13.3. The highest BCUT2D eigenvalue weighted by Gasteiger charge is 2.38. The number of aromatic amines is 1. The van der Waals surface area contributed by atoms with Crippen LogP contribution in [0.25, 0.3) is 0 Å². The Hall–Kier alpha value is -1.54.